The molecule has 0 saturated carbocycles. The number of fused-ring (bicyclic) bond motifs is 1. The Labute approximate surface area is 118 Å². The van der Waals surface area contributed by atoms with E-state index in [-0.39, 0.29) is 11.3 Å². The average molecular weight is 283 g/mol. The zero-order valence-electron chi connectivity index (χ0n) is 11.2. The molecular weight excluding hydrogens is 272 g/mol. The minimum Gasteiger partial charge on any atom is -0.542 e. The van der Waals surface area contributed by atoms with E-state index in [1.807, 2.05) is 30.3 Å². The van der Waals surface area contributed by atoms with E-state index < -0.39 is 11.8 Å². The number of benzene rings is 1. The molecule has 0 aliphatic heterocycles. The number of aryl methyl sites for hydroxylation is 1. The van der Waals surface area contributed by atoms with Gasteiger partial charge in [0.25, 0.3) is 11.3 Å². The van der Waals surface area contributed by atoms with Gasteiger partial charge in [0.1, 0.15) is 5.97 Å². The number of aromatic amines is 1. The molecule has 0 atom stereocenters. The van der Waals surface area contributed by atoms with Gasteiger partial charge in [0, 0.05) is 12.0 Å². The summed E-state index contributed by atoms with van der Waals surface area (Å²) in [5.41, 5.74) is 1.63. The van der Waals surface area contributed by atoms with Gasteiger partial charge in [-0.15, -0.1) is 0 Å². The number of carbonyl (C=O) groups is 1. The Balaban J connectivity index is 2.15. The fourth-order valence-corrected chi connectivity index (χ4v) is 2.15. The van der Waals surface area contributed by atoms with Crippen molar-refractivity contribution in [2.24, 2.45) is 0 Å². The van der Waals surface area contributed by atoms with Crippen molar-refractivity contribution in [2.75, 3.05) is 0 Å². The van der Waals surface area contributed by atoms with E-state index in [2.05, 4.69) is 15.1 Å². The first-order chi connectivity index (χ1) is 10.1. The molecule has 0 aliphatic rings. The molecule has 3 rings (SSSR count). The zero-order valence-corrected chi connectivity index (χ0v) is 11.2. The highest BCUT2D eigenvalue weighted by atomic mass is 16.4. The lowest BCUT2D eigenvalue weighted by molar-refractivity contribution is -0.256. The summed E-state index contributed by atoms with van der Waals surface area (Å²) in [6.07, 6.45) is 0.418. The molecule has 0 radical (unpaired) electrons. The lowest BCUT2D eigenvalue weighted by Gasteiger charge is -2.04. The van der Waals surface area contributed by atoms with E-state index in [1.165, 1.54) is 0 Å². The van der Waals surface area contributed by atoms with Crippen molar-refractivity contribution in [1.82, 2.24) is 19.6 Å². The smallest absolute Gasteiger partial charge is 0.277 e. The van der Waals surface area contributed by atoms with Crippen LogP contribution in [0.15, 0.2) is 35.1 Å². The highest BCUT2D eigenvalue weighted by Gasteiger charge is 2.13. The van der Waals surface area contributed by atoms with Crippen molar-refractivity contribution in [2.45, 2.75) is 13.3 Å². The van der Waals surface area contributed by atoms with Gasteiger partial charge in [-0.3, -0.25) is 9.89 Å². The van der Waals surface area contributed by atoms with E-state index in [4.69, 9.17) is 0 Å². The van der Waals surface area contributed by atoms with Crippen molar-refractivity contribution < 1.29 is 9.90 Å². The van der Waals surface area contributed by atoms with E-state index >= 15 is 0 Å². The van der Waals surface area contributed by atoms with Crippen LogP contribution in [0.5, 0.6) is 0 Å². The van der Waals surface area contributed by atoms with Crippen LogP contribution in [-0.2, 0) is 6.42 Å². The maximum absolute atomic E-state index is 12.4. The van der Waals surface area contributed by atoms with Crippen molar-refractivity contribution >= 4 is 11.7 Å². The number of aromatic carboxylic acids is 1. The first-order valence-electron chi connectivity index (χ1n) is 6.30. The van der Waals surface area contributed by atoms with Crippen LogP contribution in [0.2, 0.25) is 0 Å². The molecule has 0 aliphatic carbocycles. The number of hydrogen-bond acceptors (Lipinski definition) is 5. The molecule has 0 unspecified atom stereocenters. The van der Waals surface area contributed by atoms with Gasteiger partial charge in [-0.2, -0.15) is 9.50 Å². The van der Waals surface area contributed by atoms with Crippen LogP contribution >= 0.6 is 0 Å². The predicted octanol–water partition coefficient (Wildman–Crippen LogP) is -0.320. The number of rotatable bonds is 3. The van der Waals surface area contributed by atoms with E-state index in [0.717, 1.165) is 10.1 Å². The highest BCUT2D eigenvalue weighted by molar-refractivity contribution is 5.81. The lowest BCUT2D eigenvalue weighted by atomic mass is 10.1. The maximum atomic E-state index is 12.4. The van der Waals surface area contributed by atoms with Gasteiger partial charge in [-0.05, 0) is 12.5 Å². The number of H-pyrrole nitrogens is 1. The van der Waals surface area contributed by atoms with Crippen molar-refractivity contribution in [3.63, 3.8) is 0 Å². The fraction of sp³-hybridized carbons (Fsp3) is 0.143. The predicted molar refractivity (Wildman–Crippen MR) is 71.9 cm³/mol. The lowest BCUT2D eigenvalue weighted by Crippen LogP contribution is -2.25. The minimum absolute atomic E-state index is 0.0218. The Bertz CT molecular complexity index is 880. The molecule has 7 nitrogen and oxygen atoms in total. The number of nitrogens with zero attached hydrogens (tertiary/aromatic N) is 3. The molecule has 7 heteroatoms. The van der Waals surface area contributed by atoms with Gasteiger partial charge in [0.2, 0.25) is 0 Å². The van der Waals surface area contributed by atoms with Crippen molar-refractivity contribution in [1.29, 1.82) is 0 Å². The number of hydrogen-bond donors (Lipinski definition) is 1. The van der Waals surface area contributed by atoms with Crippen LogP contribution < -0.4 is 10.7 Å². The summed E-state index contributed by atoms with van der Waals surface area (Å²) in [5.74, 6) is -1.88. The Morgan fingerprint density at radius 2 is 2.00 bits per heavy atom. The average Bonchev–Trinajstić information content (AvgIpc) is 2.89. The van der Waals surface area contributed by atoms with Gasteiger partial charge in [0.15, 0.2) is 5.82 Å². The SMILES string of the molecule is Cc1nc2nc(C(=O)[O-])[nH]n2c(=O)c1Cc1ccccc1. The summed E-state index contributed by atoms with van der Waals surface area (Å²) in [6.45, 7) is 1.70. The molecule has 21 heavy (non-hydrogen) atoms. The van der Waals surface area contributed by atoms with Crippen LogP contribution in [0.4, 0.5) is 0 Å². The summed E-state index contributed by atoms with van der Waals surface area (Å²) in [5, 5.41) is 13.2. The normalized spacial score (nSPS) is 10.9. The van der Waals surface area contributed by atoms with Crippen LogP contribution in [-0.4, -0.2) is 25.6 Å². The molecule has 0 fully saturated rings. The molecule has 106 valence electrons. The third kappa shape index (κ3) is 2.29. The Morgan fingerprint density at radius 3 is 2.67 bits per heavy atom. The van der Waals surface area contributed by atoms with Gasteiger partial charge < -0.3 is 9.90 Å². The van der Waals surface area contributed by atoms with E-state index in [1.54, 1.807) is 6.92 Å². The molecule has 1 N–H and O–H groups in total. The molecular formula is C14H11N4O3-. The largest absolute Gasteiger partial charge is 0.542 e. The molecule has 0 amide bonds. The Kier molecular flexibility index (Phi) is 3.02. The topological polar surface area (TPSA) is 103 Å². The fourth-order valence-electron chi connectivity index (χ4n) is 2.15. The van der Waals surface area contributed by atoms with E-state index in [9.17, 15) is 14.7 Å². The maximum Gasteiger partial charge on any atom is 0.277 e. The summed E-state index contributed by atoms with van der Waals surface area (Å²) < 4.78 is 1.02. The third-order valence-corrected chi connectivity index (χ3v) is 3.21. The van der Waals surface area contributed by atoms with E-state index in [0.29, 0.717) is 17.7 Å². The second kappa shape index (κ2) is 4.86. The third-order valence-electron chi connectivity index (χ3n) is 3.21. The Morgan fingerprint density at radius 1 is 1.29 bits per heavy atom. The number of carboxylic acid groups (broad SMARTS) is 1. The number of carboxylic acids is 1. The number of carbonyl (C=O) groups excluding carboxylic acids is 1. The monoisotopic (exact) mass is 283 g/mol. The quantitative estimate of drug-likeness (QED) is 0.709. The van der Waals surface area contributed by atoms with Gasteiger partial charge in [0.05, 0.1) is 5.69 Å². The molecule has 0 spiro atoms. The van der Waals surface area contributed by atoms with Crippen LogP contribution in [0.3, 0.4) is 0 Å². The summed E-state index contributed by atoms with van der Waals surface area (Å²) >= 11 is 0. The second-order valence-corrected chi connectivity index (χ2v) is 4.64. The first-order valence-corrected chi connectivity index (χ1v) is 6.30. The molecule has 3 aromatic rings. The van der Waals surface area contributed by atoms with Gasteiger partial charge in [-0.25, -0.2) is 4.98 Å². The van der Waals surface area contributed by atoms with Crippen LogP contribution in [0, 0.1) is 6.92 Å². The molecule has 1 aromatic carbocycles. The standard InChI is InChI=1S/C14H12N4O3/c1-8-10(7-9-5-3-2-4-6-9)12(19)18-14(15-8)16-11(17-18)13(20)21/h2-6H,7H2,1H3,(H,20,21)(H,15,16,17)/p-1. The first kappa shape index (κ1) is 13.0. The molecule has 0 bridgehead atoms. The summed E-state index contributed by atoms with van der Waals surface area (Å²) in [4.78, 5) is 31.1. The van der Waals surface area contributed by atoms with Gasteiger partial charge >= 0.3 is 0 Å². The number of aromatic nitrogens is 4. The number of nitrogens with one attached hydrogen (secondary N) is 1. The summed E-state index contributed by atoms with van der Waals surface area (Å²) in [6, 6.07) is 9.49. The van der Waals surface area contributed by atoms with Crippen LogP contribution in [0.25, 0.3) is 5.78 Å². The highest BCUT2D eigenvalue weighted by Crippen LogP contribution is 2.09. The molecule has 0 saturated heterocycles. The summed E-state index contributed by atoms with van der Waals surface area (Å²) in [7, 11) is 0. The van der Waals surface area contributed by atoms with Crippen molar-refractivity contribution in [3.05, 3.63) is 63.3 Å². The Hall–Kier alpha value is -2.96. The second-order valence-electron chi connectivity index (χ2n) is 4.64. The van der Waals surface area contributed by atoms with Crippen molar-refractivity contribution in [3.8, 4) is 0 Å². The minimum atomic E-state index is -1.48. The zero-order chi connectivity index (χ0) is 15.0. The molecule has 2 aromatic heterocycles. The van der Waals surface area contributed by atoms with Gasteiger partial charge in [-0.1, -0.05) is 30.3 Å². The van der Waals surface area contributed by atoms with Crippen LogP contribution in [0.1, 0.15) is 27.4 Å². The molecule has 2 heterocycles.